The van der Waals surface area contributed by atoms with Crippen molar-refractivity contribution in [1.29, 1.82) is 0 Å². The lowest BCUT2D eigenvalue weighted by Crippen LogP contribution is -2.21. The van der Waals surface area contributed by atoms with Crippen LogP contribution in [0.25, 0.3) is 0 Å². The Bertz CT molecular complexity index is 550. The minimum Gasteiger partial charge on any atom is -0.493 e. The van der Waals surface area contributed by atoms with Crippen LogP contribution in [0.2, 0.25) is 0 Å². The van der Waals surface area contributed by atoms with Crippen LogP contribution >= 0.6 is 0 Å². The number of aromatic nitrogens is 2. The van der Waals surface area contributed by atoms with Crippen molar-refractivity contribution in [1.82, 2.24) is 15.1 Å². The molecule has 0 amide bonds. The Morgan fingerprint density at radius 2 is 2.26 bits per heavy atom. The predicted molar refractivity (Wildman–Crippen MR) is 74.3 cm³/mol. The monoisotopic (exact) mass is 257 g/mol. The number of ether oxygens (including phenoxy) is 1. The number of hydrogen-bond acceptors (Lipinski definition) is 3. The Labute approximate surface area is 113 Å². The zero-order valence-electron chi connectivity index (χ0n) is 11.2. The van der Waals surface area contributed by atoms with Crippen molar-refractivity contribution >= 4 is 0 Å². The fraction of sp³-hybridized carbons (Fsp3) is 0.400. The van der Waals surface area contributed by atoms with Crippen molar-refractivity contribution in [3.05, 3.63) is 47.8 Å². The number of nitrogens with one attached hydrogen (secondary N) is 1. The van der Waals surface area contributed by atoms with Crippen LogP contribution in [-0.4, -0.2) is 23.4 Å². The van der Waals surface area contributed by atoms with Crippen LogP contribution in [0.15, 0.2) is 36.5 Å². The van der Waals surface area contributed by atoms with Gasteiger partial charge in [-0.1, -0.05) is 18.2 Å². The average molecular weight is 257 g/mol. The molecule has 19 heavy (non-hydrogen) atoms. The third-order valence-corrected chi connectivity index (χ3v) is 3.64. The molecule has 0 aliphatic carbocycles. The first-order valence-electron chi connectivity index (χ1n) is 6.75. The lowest BCUT2D eigenvalue weighted by molar-refractivity contribution is 0.255. The molecule has 1 aromatic carbocycles. The largest absolute Gasteiger partial charge is 0.493 e. The molecule has 3 rings (SSSR count). The van der Waals surface area contributed by atoms with Gasteiger partial charge in [0.1, 0.15) is 5.75 Å². The lowest BCUT2D eigenvalue weighted by atomic mass is 9.93. The second-order valence-corrected chi connectivity index (χ2v) is 4.91. The van der Waals surface area contributed by atoms with Crippen molar-refractivity contribution < 1.29 is 4.74 Å². The predicted octanol–water partition coefficient (Wildman–Crippen LogP) is 2.17. The topological polar surface area (TPSA) is 39.1 Å². The summed E-state index contributed by atoms with van der Waals surface area (Å²) in [4.78, 5) is 0. The van der Waals surface area contributed by atoms with Crippen molar-refractivity contribution in [2.24, 2.45) is 0 Å². The molecule has 2 aromatic rings. The molecule has 100 valence electrons. The number of rotatable bonds is 4. The van der Waals surface area contributed by atoms with Gasteiger partial charge in [-0.3, -0.25) is 4.68 Å². The molecular weight excluding hydrogens is 238 g/mol. The number of para-hydroxylation sites is 1. The van der Waals surface area contributed by atoms with Crippen molar-refractivity contribution in [3.8, 4) is 5.75 Å². The van der Waals surface area contributed by atoms with E-state index in [2.05, 4.69) is 39.4 Å². The molecule has 0 bridgehead atoms. The minimum atomic E-state index is 0.487. The first-order valence-corrected chi connectivity index (χ1v) is 6.75. The SMILES string of the molecule is CNCc1ccnn1CC1CCOc2ccccc21. The molecule has 1 aliphatic heterocycles. The Morgan fingerprint density at radius 3 is 3.16 bits per heavy atom. The molecule has 1 N–H and O–H groups in total. The summed E-state index contributed by atoms with van der Waals surface area (Å²) in [6, 6.07) is 10.4. The molecule has 4 nitrogen and oxygen atoms in total. The third kappa shape index (κ3) is 2.49. The van der Waals surface area contributed by atoms with E-state index in [0.29, 0.717) is 5.92 Å². The molecule has 0 saturated carbocycles. The van der Waals surface area contributed by atoms with Crippen LogP contribution in [0.4, 0.5) is 0 Å². The highest BCUT2D eigenvalue weighted by Crippen LogP contribution is 2.34. The van der Waals surface area contributed by atoms with E-state index in [4.69, 9.17) is 4.74 Å². The van der Waals surface area contributed by atoms with Gasteiger partial charge < -0.3 is 10.1 Å². The Hall–Kier alpha value is -1.81. The summed E-state index contributed by atoms with van der Waals surface area (Å²) in [6.07, 6.45) is 2.92. The maximum absolute atomic E-state index is 5.71. The summed E-state index contributed by atoms with van der Waals surface area (Å²) in [5, 5.41) is 7.62. The molecule has 0 radical (unpaired) electrons. The van der Waals surface area contributed by atoms with E-state index in [0.717, 1.165) is 31.9 Å². The van der Waals surface area contributed by atoms with E-state index >= 15 is 0 Å². The Morgan fingerprint density at radius 1 is 1.37 bits per heavy atom. The third-order valence-electron chi connectivity index (χ3n) is 3.64. The molecule has 1 aromatic heterocycles. The first kappa shape index (κ1) is 12.2. The number of benzene rings is 1. The van der Waals surface area contributed by atoms with Gasteiger partial charge in [0.2, 0.25) is 0 Å². The van der Waals surface area contributed by atoms with Gasteiger partial charge >= 0.3 is 0 Å². The van der Waals surface area contributed by atoms with Crippen LogP contribution in [0.5, 0.6) is 5.75 Å². The summed E-state index contributed by atoms with van der Waals surface area (Å²) in [5.41, 5.74) is 2.53. The van der Waals surface area contributed by atoms with Gasteiger partial charge in [-0.25, -0.2) is 0 Å². The fourth-order valence-electron chi connectivity index (χ4n) is 2.67. The van der Waals surface area contributed by atoms with Gasteiger partial charge in [0.05, 0.1) is 12.3 Å². The van der Waals surface area contributed by atoms with Crippen LogP contribution in [0.1, 0.15) is 23.6 Å². The molecule has 1 unspecified atom stereocenters. The second kappa shape index (κ2) is 5.45. The second-order valence-electron chi connectivity index (χ2n) is 4.91. The summed E-state index contributed by atoms with van der Waals surface area (Å²) in [6.45, 7) is 2.57. The van der Waals surface area contributed by atoms with Crippen molar-refractivity contribution in [2.45, 2.75) is 25.4 Å². The van der Waals surface area contributed by atoms with Gasteiger partial charge in [0.25, 0.3) is 0 Å². The molecule has 0 saturated heterocycles. The maximum Gasteiger partial charge on any atom is 0.122 e. The summed E-state index contributed by atoms with van der Waals surface area (Å²) in [7, 11) is 1.96. The number of nitrogens with zero attached hydrogens (tertiary/aromatic N) is 2. The van der Waals surface area contributed by atoms with Gasteiger partial charge in [-0.05, 0) is 31.2 Å². The van der Waals surface area contributed by atoms with Gasteiger partial charge in [-0.2, -0.15) is 5.10 Å². The highest BCUT2D eigenvalue weighted by Gasteiger charge is 2.22. The van der Waals surface area contributed by atoms with Crippen LogP contribution in [0.3, 0.4) is 0 Å². The normalized spacial score (nSPS) is 17.8. The highest BCUT2D eigenvalue weighted by molar-refractivity contribution is 5.37. The Balaban J connectivity index is 1.82. The minimum absolute atomic E-state index is 0.487. The van der Waals surface area contributed by atoms with E-state index in [1.807, 2.05) is 19.3 Å². The Kier molecular flexibility index (Phi) is 3.51. The van der Waals surface area contributed by atoms with Gasteiger partial charge in [0, 0.05) is 25.2 Å². The van der Waals surface area contributed by atoms with Crippen LogP contribution < -0.4 is 10.1 Å². The first-order chi connectivity index (χ1) is 9.38. The number of fused-ring (bicyclic) bond motifs is 1. The summed E-state index contributed by atoms with van der Waals surface area (Å²) >= 11 is 0. The standard InChI is InChI=1S/C15H19N3O/c1-16-10-13-6-8-17-18(13)11-12-7-9-19-15-5-3-2-4-14(12)15/h2-6,8,12,16H,7,9-11H2,1H3. The lowest BCUT2D eigenvalue weighted by Gasteiger charge is -2.26. The zero-order chi connectivity index (χ0) is 13.1. The highest BCUT2D eigenvalue weighted by atomic mass is 16.5. The van der Waals surface area contributed by atoms with E-state index in [1.165, 1.54) is 11.3 Å². The van der Waals surface area contributed by atoms with Crippen LogP contribution in [-0.2, 0) is 13.1 Å². The molecule has 1 atom stereocenters. The van der Waals surface area contributed by atoms with E-state index in [9.17, 15) is 0 Å². The van der Waals surface area contributed by atoms with Gasteiger partial charge in [0.15, 0.2) is 0 Å². The smallest absolute Gasteiger partial charge is 0.122 e. The van der Waals surface area contributed by atoms with Gasteiger partial charge in [-0.15, -0.1) is 0 Å². The van der Waals surface area contributed by atoms with E-state index in [1.54, 1.807) is 0 Å². The fourth-order valence-corrected chi connectivity index (χ4v) is 2.67. The zero-order valence-corrected chi connectivity index (χ0v) is 11.2. The average Bonchev–Trinajstić information content (AvgIpc) is 2.87. The quantitative estimate of drug-likeness (QED) is 0.912. The summed E-state index contributed by atoms with van der Waals surface area (Å²) in [5.74, 6) is 1.52. The van der Waals surface area contributed by atoms with Crippen molar-refractivity contribution in [3.63, 3.8) is 0 Å². The van der Waals surface area contributed by atoms with E-state index in [-0.39, 0.29) is 0 Å². The van der Waals surface area contributed by atoms with E-state index < -0.39 is 0 Å². The number of hydrogen-bond donors (Lipinski definition) is 1. The molecule has 1 aliphatic rings. The van der Waals surface area contributed by atoms with Crippen molar-refractivity contribution in [2.75, 3.05) is 13.7 Å². The molecule has 0 fully saturated rings. The molecular formula is C15H19N3O. The molecule has 0 spiro atoms. The van der Waals surface area contributed by atoms with Crippen LogP contribution in [0, 0.1) is 0 Å². The molecule has 4 heteroatoms. The summed E-state index contributed by atoms with van der Waals surface area (Å²) < 4.78 is 7.81. The maximum atomic E-state index is 5.71. The molecule has 2 heterocycles.